The molecule has 1 aromatic carbocycles. The van der Waals surface area contributed by atoms with Gasteiger partial charge in [0.25, 0.3) is 0 Å². The molecule has 0 aliphatic rings. The zero-order chi connectivity index (χ0) is 12.8. The third-order valence-corrected chi connectivity index (χ3v) is 3.87. The van der Waals surface area contributed by atoms with Crippen molar-refractivity contribution in [3.05, 3.63) is 33.8 Å². The van der Waals surface area contributed by atoms with E-state index in [1.165, 1.54) is 5.56 Å². The molecule has 1 nitrogen and oxygen atoms in total. The van der Waals surface area contributed by atoms with Gasteiger partial charge in [-0.25, -0.2) is 0 Å². The number of rotatable bonds is 6. The van der Waals surface area contributed by atoms with Crippen molar-refractivity contribution in [3.8, 4) is 0 Å². The van der Waals surface area contributed by atoms with Gasteiger partial charge in [-0.1, -0.05) is 50.0 Å². The number of benzene rings is 1. The average molecular weight is 274 g/mol. The largest absolute Gasteiger partial charge is 0.314 e. The maximum atomic E-state index is 6.02. The molecule has 3 heteroatoms. The summed E-state index contributed by atoms with van der Waals surface area (Å²) < 4.78 is 0. The van der Waals surface area contributed by atoms with Crippen LogP contribution in [0.4, 0.5) is 0 Å². The molecule has 0 saturated carbocycles. The fraction of sp³-hybridized carbons (Fsp3) is 0.571. The van der Waals surface area contributed by atoms with Crippen LogP contribution in [0.15, 0.2) is 18.2 Å². The summed E-state index contributed by atoms with van der Waals surface area (Å²) in [5, 5.41) is 4.79. The van der Waals surface area contributed by atoms with E-state index in [4.69, 9.17) is 23.2 Å². The molecule has 1 rings (SSSR count). The first-order valence-electron chi connectivity index (χ1n) is 6.25. The molecule has 0 aromatic heterocycles. The van der Waals surface area contributed by atoms with E-state index in [-0.39, 0.29) is 0 Å². The highest BCUT2D eigenvalue weighted by molar-refractivity contribution is 6.42. The molecule has 2 unspecified atom stereocenters. The Morgan fingerprint density at radius 3 is 2.41 bits per heavy atom. The zero-order valence-corrected chi connectivity index (χ0v) is 12.3. The lowest BCUT2D eigenvalue weighted by atomic mass is 9.92. The number of hydrogen-bond acceptors (Lipinski definition) is 1. The molecule has 0 saturated heterocycles. The number of nitrogens with one attached hydrogen (secondary N) is 1. The Bertz CT molecular complexity index is 352. The lowest BCUT2D eigenvalue weighted by Gasteiger charge is -2.23. The van der Waals surface area contributed by atoms with Crippen LogP contribution in [0.2, 0.25) is 10.0 Å². The van der Waals surface area contributed by atoms with Crippen LogP contribution >= 0.6 is 23.2 Å². The van der Waals surface area contributed by atoms with Gasteiger partial charge in [-0.3, -0.25) is 0 Å². The normalized spacial score (nSPS) is 14.6. The maximum absolute atomic E-state index is 6.02. The summed E-state index contributed by atoms with van der Waals surface area (Å²) >= 11 is 11.9. The summed E-state index contributed by atoms with van der Waals surface area (Å²) in [5.74, 6) is 0.595. The van der Waals surface area contributed by atoms with Crippen LogP contribution in [-0.2, 0) is 6.42 Å². The molecule has 0 amide bonds. The predicted octanol–water partition coefficient (Wildman–Crippen LogP) is 4.56. The molecule has 2 atom stereocenters. The van der Waals surface area contributed by atoms with Crippen LogP contribution in [0.25, 0.3) is 0 Å². The second kappa shape index (κ2) is 7.25. The van der Waals surface area contributed by atoms with Gasteiger partial charge >= 0.3 is 0 Å². The SMILES string of the molecule is CCNC(CC)C(C)Cc1ccc(Cl)c(Cl)c1. The summed E-state index contributed by atoms with van der Waals surface area (Å²) in [5.41, 5.74) is 1.25. The van der Waals surface area contributed by atoms with E-state index < -0.39 is 0 Å². The average Bonchev–Trinajstić information content (AvgIpc) is 2.30. The zero-order valence-electron chi connectivity index (χ0n) is 10.8. The highest BCUT2D eigenvalue weighted by Crippen LogP contribution is 2.24. The second-order valence-electron chi connectivity index (χ2n) is 4.50. The van der Waals surface area contributed by atoms with Gasteiger partial charge in [0.1, 0.15) is 0 Å². The predicted molar refractivity (Wildman–Crippen MR) is 77.1 cm³/mol. The molecule has 0 aliphatic carbocycles. The van der Waals surface area contributed by atoms with Gasteiger partial charge in [-0.15, -0.1) is 0 Å². The molecule has 1 aromatic rings. The standard InChI is InChI=1S/C14H21Cl2N/c1-4-14(17-5-2)10(3)8-11-6-7-12(15)13(16)9-11/h6-7,9-10,14,17H,4-5,8H2,1-3H3. The molecule has 1 N–H and O–H groups in total. The van der Waals surface area contributed by atoms with Crippen molar-refractivity contribution in [1.82, 2.24) is 5.32 Å². The Balaban J connectivity index is 2.66. The van der Waals surface area contributed by atoms with Crippen molar-refractivity contribution in [2.24, 2.45) is 5.92 Å². The van der Waals surface area contributed by atoms with Crippen molar-refractivity contribution in [1.29, 1.82) is 0 Å². The van der Waals surface area contributed by atoms with Crippen LogP contribution in [-0.4, -0.2) is 12.6 Å². The van der Waals surface area contributed by atoms with Crippen LogP contribution in [0.3, 0.4) is 0 Å². The van der Waals surface area contributed by atoms with Gasteiger partial charge < -0.3 is 5.32 Å². The maximum Gasteiger partial charge on any atom is 0.0595 e. The Morgan fingerprint density at radius 1 is 1.18 bits per heavy atom. The Morgan fingerprint density at radius 2 is 1.88 bits per heavy atom. The molecule has 0 spiro atoms. The van der Waals surface area contributed by atoms with Gasteiger partial charge in [-0.05, 0) is 43.0 Å². The van der Waals surface area contributed by atoms with E-state index in [0.29, 0.717) is 22.0 Å². The monoisotopic (exact) mass is 273 g/mol. The summed E-state index contributed by atoms with van der Waals surface area (Å²) in [7, 11) is 0. The van der Waals surface area contributed by atoms with E-state index in [2.05, 4.69) is 32.2 Å². The van der Waals surface area contributed by atoms with Gasteiger partial charge in [0.05, 0.1) is 10.0 Å². The summed E-state index contributed by atoms with van der Waals surface area (Å²) in [6.07, 6.45) is 2.18. The molecule has 96 valence electrons. The summed E-state index contributed by atoms with van der Waals surface area (Å²) in [4.78, 5) is 0. The van der Waals surface area contributed by atoms with Crippen molar-refractivity contribution in [2.75, 3.05) is 6.54 Å². The minimum Gasteiger partial charge on any atom is -0.314 e. The molecular formula is C14H21Cl2N. The number of hydrogen-bond donors (Lipinski definition) is 1. The summed E-state index contributed by atoms with van der Waals surface area (Å²) in [6, 6.07) is 6.47. The minimum absolute atomic E-state index is 0.564. The second-order valence-corrected chi connectivity index (χ2v) is 5.32. The first kappa shape index (κ1) is 14.8. The number of halogens is 2. The quantitative estimate of drug-likeness (QED) is 0.801. The van der Waals surface area contributed by atoms with Gasteiger partial charge in [-0.2, -0.15) is 0 Å². The van der Waals surface area contributed by atoms with Gasteiger partial charge in [0.2, 0.25) is 0 Å². The van der Waals surface area contributed by atoms with Gasteiger partial charge in [0.15, 0.2) is 0 Å². The highest BCUT2D eigenvalue weighted by atomic mass is 35.5. The highest BCUT2D eigenvalue weighted by Gasteiger charge is 2.15. The summed E-state index contributed by atoms with van der Waals surface area (Å²) in [6.45, 7) is 7.66. The van der Waals surface area contributed by atoms with Crippen molar-refractivity contribution in [3.63, 3.8) is 0 Å². The Labute approximate surface area is 115 Å². The lowest BCUT2D eigenvalue weighted by Crippen LogP contribution is -2.35. The Hall–Kier alpha value is -0.240. The molecule has 0 fully saturated rings. The molecule has 0 heterocycles. The van der Waals surface area contributed by atoms with Gasteiger partial charge in [0, 0.05) is 6.04 Å². The fourth-order valence-corrected chi connectivity index (χ4v) is 2.51. The minimum atomic E-state index is 0.564. The van der Waals surface area contributed by atoms with Crippen LogP contribution < -0.4 is 5.32 Å². The van der Waals surface area contributed by atoms with E-state index in [1.807, 2.05) is 12.1 Å². The molecule has 0 aliphatic heterocycles. The first-order chi connectivity index (χ1) is 8.08. The van der Waals surface area contributed by atoms with Crippen molar-refractivity contribution < 1.29 is 0 Å². The molecule has 17 heavy (non-hydrogen) atoms. The molecule has 0 bridgehead atoms. The smallest absolute Gasteiger partial charge is 0.0595 e. The van der Waals surface area contributed by atoms with E-state index in [0.717, 1.165) is 19.4 Å². The first-order valence-corrected chi connectivity index (χ1v) is 7.01. The van der Waals surface area contributed by atoms with Crippen molar-refractivity contribution >= 4 is 23.2 Å². The Kier molecular flexibility index (Phi) is 6.32. The van der Waals surface area contributed by atoms with E-state index >= 15 is 0 Å². The van der Waals surface area contributed by atoms with Crippen LogP contribution in [0.5, 0.6) is 0 Å². The third kappa shape index (κ3) is 4.50. The van der Waals surface area contributed by atoms with E-state index in [1.54, 1.807) is 0 Å². The lowest BCUT2D eigenvalue weighted by molar-refractivity contribution is 0.371. The topological polar surface area (TPSA) is 12.0 Å². The molecule has 0 radical (unpaired) electrons. The van der Waals surface area contributed by atoms with E-state index in [9.17, 15) is 0 Å². The van der Waals surface area contributed by atoms with Crippen molar-refractivity contribution in [2.45, 2.75) is 39.7 Å². The van der Waals surface area contributed by atoms with Crippen LogP contribution in [0, 0.1) is 5.92 Å². The fourth-order valence-electron chi connectivity index (χ4n) is 2.19. The molecular weight excluding hydrogens is 253 g/mol. The van der Waals surface area contributed by atoms with Crippen LogP contribution in [0.1, 0.15) is 32.8 Å². The third-order valence-electron chi connectivity index (χ3n) is 3.13.